The zero-order chi connectivity index (χ0) is 20.7. The van der Waals surface area contributed by atoms with Crippen LogP contribution in [0.2, 0.25) is 0 Å². The van der Waals surface area contributed by atoms with Gasteiger partial charge in [-0.05, 0) is 54.7 Å². The Morgan fingerprint density at radius 1 is 0.571 bits per heavy atom. The van der Waals surface area contributed by atoms with Crippen LogP contribution in [-0.4, -0.2) is 5.11 Å². The minimum atomic E-state index is -0.228. The van der Waals surface area contributed by atoms with Gasteiger partial charge in [0.05, 0.1) is 0 Å². The highest BCUT2D eigenvalue weighted by molar-refractivity contribution is 5.56. The normalized spacial score (nSPS) is 12.2. The second kappa shape index (κ2) is 7.13. The summed E-state index contributed by atoms with van der Waals surface area (Å²) in [5.74, 6) is 0.360. The van der Waals surface area contributed by atoms with Gasteiger partial charge in [-0.15, -0.1) is 0 Å². The molecule has 0 aromatic heterocycles. The maximum Gasteiger partial charge on any atom is 0.118 e. The minimum Gasteiger partial charge on any atom is -0.508 e. The second-order valence-corrected chi connectivity index (χ2v) is 9.11. The number of aryl methyl sites for hydroxylation is 2. The van der Waals surface area contributed by atoms with Gasteiger partial charge in [0.15, 0.2) is 0 Å². The number of phenolic OH excluding ortho intramolecular Hbond substituents is 1. The smallest absolute Gasteiger partial charge is 0.118 e. The van der Waals surface area contributed by atoms with Crippen LogP contribution in [0.15, 0.2) is 60.7 Å². The van der Waals surface area contributed by atoms with Crippen molar-refractivity contribution in [3.63, 3.8) is 0 Å². The van der Waals surface area contributed by atoms with E-state index in [1.165, 1.54) is 33.4 Å². The topological polar surface area (TPSA) is 20.2 Å². The molecular formula is C27H32O. The van der Waals surface area contributed by atoms with Crippen LogP contribution in [0.5, 0.6) is 5.75 Å². The van der Waals surface area contributed by atoms with Crippen molar-refractivity contribution in [3.8, 4) is 5.75 Å². The van der Waals surface area contributed by atoms with Crippen molar-refractivity contribution >= 4 is 0 Å². The van der Waals surface area contributed by atoms with Crippen molar-refractivity contribution in [1.29, 1.82) is 0 Å². The molecular weight excluding hydrogens is 340 g/mol. The molecule has 0 bridgehead atoms. The molecule has 1 nitrogen and oxygen atoms in total. The molecule has 146 valence electrons. The lowest BCUT2D eigenvalue weighted by molar-refractivity contribution is 0.464. The average Bonchev–Trinajstić information content (AvgIpc) is 2.64. The van der Waals surface area contributed by atoms with Gasteiger partial charge in [0.2, 0.25) is 0 Å². The highest BCUT2D eigenvalue weighted by Crippen LogP contribution is 2.44. The van der Waals surface area contributed by atoms with Crippen molar-refractivity contribution in [1.82, 2.24) is 0 Å². The molecule has 0 unspecified atom stereocenters. The minimum absolute atomic E-state index is 0.177. The summed E-state index contributed by atoms with van der Waals surface area (Å²) in [6.07, 6.45) is 0. The van der Waals surface area contributed by atoms with E-state index in [4.69, 9.17) is 0 Å². The number of phenols is 1. The van der Waals surface area contributed by atoms with E-state index in [0.29, 0.717) is 5.75 Å². The Balaban J connectivity index is 2.25. The molecule has 0 heterocycles. The van der Waals surface area contributed by atoms with E-state index >= 15 is 0 Å². The SMILES string of the molecule is Cc1ccc(C(C)(C)c2ccc(O)c(C)c2C(C)(C)c2ccc(C)cc2)cc1. The zero-order valence-corrected chi connectivity index (χ0v) is 18.2. The monoisotopic (exact) mass is 372 g/mol. The molecule has 1 N–H and O–H groups in total. The van der Waals surface area contributed by atoms with Crippen molar-refractivity contribution < 1.29 is 5.11 Å². The fourth-order valence-corrected chi connectivity index (χ4v) is 4.27. The van der Waals surface area contributed by atoms with Gasteiger partial charge < -0.3 is 5.11 Å². The molecule has 3 aromatic carbocycles. The molecule has 28 heavy (non-hydrogen) atoms. The van der Waals surface area contributed by atoms with Crippen molar-refractivity contribution in [2.45, 2.75) is 59.3 Å². The maximum atomic E-state index is 10.6. The van der Waals surface area contributed by atoms with Crippen molar-refractivity contribution in [2.75, 3.05) is 0 Å². The largest absolute Gasteiger partial charge is 0.508 e. The summed E-state index contributed by atoms with van der Waals surface area (Å²) in [6, 6.07) is 21.5. The fraction of sp³-hybridized carbons (Fsp3) is 0.333. The Morgan fingerprint density at radius 2 is 1.00 bits per heavy atom. The van der Waals surface area contributed by atoms with E-state index in [1.807, 2.05) is 13.0 Å². The molecule has 0 aliphatic rings. The molecule has 0 saturated heterocycles. The number of hydrogen-bond acceptors (Lipinski definition) is 1. The van der Waals surface area contributed by atoms with E-state index in [-0.39, 0.29) is 10.8 Å². The van der Waals surface area contributed by atoms with Crippen LogP contribution in [0.25, 0.3) is 0 Å². The van der Waals surface area contributed by atoms with Gasteiger partial charge in [-0.2, -0.15) is 0 Å². The molecule has 0 aliphatic carbocycles. The lowest BCUT2D eigenvalue weighted by Crippen LogP contribution is -2.29. The summed E-state index contributed by atoms with van der Waals surface area (Å²) in [7, 11) is 0. The molecule has 0 saturated carbocycles. The van der Waals surface area contributed by atoms with Crippen LogP contribution in [-0.2, 0) is 10.8 Å². The van der Waals surface area contributed by atoms with Crippen molar-refractivity contribution in [2.24, 2.45) is 0 Å². The standard InChI is InChI=1S/C27H32O/c1-18-8-12-21(13-9-18)26(4,5)23-16-17-24(28)20(3)25(23)27(6,7)22-14-10-19(2)11-15-22/h8-17,28H,1-7H3. The third kappa shape index (κ3) is 3.46. The van der Waals surface area contributed by atoms with Gasteiger partial charge in [-0.1, -0.05) is 93.4 Å². The Kier molecular flexibility index (Phi) is 5.14. The number of aromatic hydroxyl groups is 1. The van der Waals surface area contributed by atoms with E-state index in [0.717, 1.165) is 5.56 Å². The lowest BCUT2D eigenvalue weighted by atomic mass is 9.67. The van der Waals surface area contributed by atoms with Crippen LogP contribution in [0.1, 0.15) is 66.6 Å². The third-order valence-corrected chi connectivity index (χ3v) is 6.28. The summed E-state index contributed by atoms with van der Waals surface area (Å²) in [5.41, 5.74) is 8.09. The van der Waals surface area contributed by atoms with Crippen LogP contribution >= 0.6 is 0 Å². The summed E-state index contributed by atoms with van der Waals surface area (Å²) < 4.78 is 0. The molecule has 0 atom stereocenters. The predicted octanol–water partition coefficient (Wildman–Crippen LogP) is 6.97. The summed E-state index contributed by atoms with van der Waals surface area (Å²) >= 11 is 0. The molecule has 1 heteroatoms. The third-order valence-electron chi connectivity index (χ3n) is 6.28. The number of benzene rings is 3. The Bertz CT molecular complexity index is 974. The first-order chi connectivity index (χ1) is 13.0. The van der Waals surface area contributed by atoms with E-state index in [9.17, 15) is 5.11 Å². The Morgan fingerprint density at radius 3 is 1.46 bits per heavy atom. The average molecular weight is 373 g/mol. The molecule has 0 spiro atoms. The van der Waals surface area contributed by atoms with Crippen LogP contribution in [0.3, 0.4) is 0 Å². The van der Waals surface area contributed by atoms with E-state index in [1.54, 1.807) is 0 Å². The summed E-state index contributed by atoms with van der Waals surface area (Å²) in [4.78, 5) is 0. The molecule has 3 rings (SSSR count). The highest BCUT2D eigenvalue weighted by Gasteiger charge is 2.35. The van der Waals surface area contributed by atoms with Gasteiger partial charge in [0.1, 0.15) is 5.75 Å². The summed E-state index contributed by atoms with van der Waals surface area (Å²) in [5, 5.41) is 10.6. The van der Waals surface area contributed by atoms with Crippen LogP contribution in [0, 0.1) is 20.8 Å². The maximum absolute atomic E-state index is 10.6. The quantitative estimate of drug-likeness (QED) is 0.524. The van der Waals surface area contributed by atoms with Gasteiger partial charge in [-0.25, -0.2) is 0 Å². The second-order valence-electron chi connectivity index (χ2n) is 9.11. The number of rotatable bonds is 4. The van der Waals surface area contributed by atoms with Gasteiger partial charge >= 0.3 is 0 Å². The predicted molar refractivity (Wildman–Crippen MR) is 119 cm³/mol. The Labute approximate surface area is 170 Å². The molecule has 0 radical (unpaired) electrons. The Hall–Kier alpha value is -2.54. The first-order valence-corrected chi connectivity index (χ1v) is 10.0. The highest BCUT2D eigenvalue weighted by atomic mass is 16.3. The van der Waals surface area contributed by atoms with Crippen molar-refractivity contribution in [3.05, 3.63) is 99.6 Å². The molecule has 0 aliphatic heterocycles. The number of hydrogen-bond donors (Lipinski definition) is 1. The first kappa shape index (κ1) is 20.2. The van der Waals surface area contributed by atoms with Crippen LogP contribution in [0.4, 0.5) is 0 Å². The molecule has 0 fully saturated rings. The van der Waals surface area contributed by atoms with Gasteiger partial charge in [0, 0.05) is 10.8 Å². The van der Waals surface area contributed by atoms with E-state index < -0.39 is 0 Å². The van der Waals surface area contributed by atoms with Crippen LogP contribution < -0.4 is 0 Å². The zero-order valence-electron chi connectivity index (χ0n) is 18.2. The molecule has 0 amide bonds. The van der Waals surface area contributed by atoms with Gasteiger partial charge in [0.25, 0.3) is 0 Å². The summed E-state index contributed by atoms with van der Waals surface area (Å²) in [6.45, 7) is 15.3. The fourth-order valence-electron chi connectivity index (χ4n) is 4.27. The first-order valence-electron chi connectivity index (χ1n) is 10.0. The molecule has 3 aromatic rings. The van der Waals surface area contributed by atoms with E-state index in [2.05, 4.69) is 96.1 Å². The van der Waals surface area contributed by atoms with Gasteiger partial charge in [-0.3, -0.25) is 0 Å². The lowest BCUT2D eigenvalue weighted by Gasteiger charge is -2.37.